The van der Waals surface area contributed by atoms with Gasteiger partial charge in [-0.3, -0.25) is 4.79 Å². The minimum atomic E-state index is -0.158. The molecule has 5 heteroatoms. The predicted octanol–water partition coefficient (Wildman–Crippen LogP) is 4.03. The molecule has 0 radical (unpaired) electrons. The Morgan fingerprint density at radius 3 is 2.48 bits per heavy atom. The monoisotopic (exact) mass is 347 g/mol. The van der Waals surface area contributed by atoms with Crippen LogP contribution in [0.15, 0.2) is 41.0 Å². The maximum absolute atomic E-state index is 11.8. The van der Waals surface area contributed by atoms with Crippen molar-refractivity contribution in [1.82, 2.24) is 10.3 Å². The Balaban J connectivity index is 2.08. The van der Waals surface area contributed by atoms with E-state index in [1.165, 1.54) is 5.56 Å². The van der Waals surface area contributed by atoms with E-state index < -0.39 is 0 Å². The molecule has 1 aromatic heterocycles. The number of aryl methyl sites for hydroxylation is 1. The van der Waals surface area contributed by atoms with E-state index in [1.807, 2.05) is 45.0 Å². The van der Waals surface area contributed by atoms with Crippen LogP contribution in [0.5, 0.6) is 0 Å². The average Bonchev–Trinajstić information content (AvgIpc) is 2.43. The fourth-order valence-electron chi connectivity index (χ4n) is 1.78. The minimum absolute atomic E-state index is 0.0991. The summed E-state index contributed by atoms with van der Waals surface area (Å²) in [6, 6.07) is 9.69. The largest absolute Gasteiger partial charge is 0.354 e. The highest BCUT2D eigenvalue weighted by Crippen LogP contribution is 2.23. The van der Waals surface area contributed by atoms with Gasteiger partial charge in [-0.05, 0) is 50.6 Å². The summed E-state index contributed by atoms with van der Waals surface area (Å²) in [4.78, 5) is 16.0. The van der Waals surface area contributed by atoms with Gasteiger partial charge in [-0.2, -0.15) is 0 Å². The number of carbonyl (C=O) groups is 1. The van der Waals surface area contributed by atoms with E-state index in [9.17, 15) is 4.79 Å². The number of aromatic nitrogens is 1. The lowest BCUT2D eigenvalue weighted by atomic mass is 10.2. The van der Waals surface area contributed by atoms with Crippen LogP contribution in [-0.2, 0) is 0 Å². The van der Waals surface area contributed by atoms with E-state index in [4.69, 9.17) is 0 Å². The van der Waals surface area contributed by atoms with Crippen molar-refractivity contribution in [1.29, 1.82) is 0 Å². The van der Waals surface area contributed by atoms with Crippen LogP contribution >= 0.6 is 15.9 Å². The highest BCUT2D eigenvalue weighted by atomic mass is 79.9. The number of benzene rings is 1. The zero-order valence-electron chi connectivity index (χ0n) is 12.3. The van der Waals surface area contributed by atoms with Crippen LogP contribution in [0.4, 0.5) is 11.4 Å². The molecule has 0 bridgehead atoms. The van der Waals surface area contributed by atoms with Crippen LogP contribution in [-0.4, -0.2) is 16.9 Å². The molecule has 0 saturated heterocycles. The first-order chi connectivity index (χ1) is 9.95. The number of nitrogens with one attached hydrogen (secondary N) is 2. The third kappa shape index (κ3) is 4.29. The van der Waals surface area contributed by atoms with Crippen LogP contribution in [0.3, 0.4) is 0 Å². The first-order valence-corrected chi connectivity index (χ1v) is 7.55. The standard InChI is InChI=1S/C16H18BrN3O/c1-10(2)19-16(21)15-7-6-13(9-18-15)20-12-5-4-11(3)14(17)8-12/h4-10,20H,1-3H3,(H,19,21). The molecule has 110 valence electrons. The quantitative estimate of drug-likeness (QED) is 0.877. The number of pyridine rings is 1. The first-order valence-electron chi connectivity index (χ1n) is 6.76. The molecule has 0 unspecified atom stereocenters. The number of halogens is 1. The molecule has 0 spiro atoms. The van der Waals surface area contributed by atoms with Crippen LogP contribution in [0.2, 0.25) is 0 Å². The lowest BCUT2D eigenvalue weighted by Crippen LogP contribution is -2.30. The van der Waals surface area contributed by atoms with E-state index in [0.717, 1.165) is 15.8 Å². The van der Waals surface area contributed by atoms with Crippen LogP contribution in [0.1, 0.15) is 29.9 Å². The number of nitrogens with zero attached hydrogens (tertiary/aromatic N) is 1. The molecular formula is C16H18BrN3O. The fourth-order valence-corrected chi connectivity index (χ4v) is 2.15. The average molecular weight is 348 g/mol. The summed E-state index contributed by atoms with van der Waals surface area (Å²) in [5.74, 6) is -0.158. The lowest BCUT2D eigenvalue weighted by Gasteiger charge is -2.10. The topological polar surface area (TPSA) is 54.0 Å². The third-order valence-corrected chi connectivity index (χ3v) is 3.73. The summed E-state index contributed by atoms with van der Waals surface area (Å²) in [7, 11) is 0. The number of rotatable bonds is 4. The molecule has 4 nitrogen and oxygen atoms in total. The second-order valence-electron chi connectivity index (χ2n) is 5.15. The Labute approximate surface area is 133 Å². The Kier molecular flexibility index (Phi) is 4.96. The van der Waals surface area contributed by atoms with Crippen molar-refractivity contribution in [2.24, 2.45) is 0 Å². The Hall–Kier alpha value is -1.88. The predicted molar refractivity (Wildman–Crippen MR) is 89.0 cm³/mol. The molecular weight excluding hydrogens is 330 g/mol. The van der Waals surface area contributed by atoms with Gasteiger partial charge in [0.15, 0.2) is 0 Å². The van der Waals surface area contributed by atoms with Gasteiger partial charge >= 0.3 is 0 Å². The van der Waals surface area contributed by atoms with E-state index in [1.54, 1.807) is 12.3 Å². The van der Waals surface area contributed by atoms with Crippen molar-refractivity contribution >= 4 is 33.2 Å². The number of anilines is 2. The maximum atomic E-state index is 11.8. The molecule has 0 aliphatic carbocycles. The smallest absolute Gasteiger partial charge is 0.270 e. The SMILES string of the molecule is Cc1ccc(Nc2ccc(C(=O)NC(C)C)nc2)cc1Br. The molecule has 0 fully saturated rings. The number of hydrogen-bond donors (Lipinski definition) is 2. The van der Waals surface area contributed by atoms with Gasteiger partial charge < -0.3 is 10.6 Å². The summed E-state index contributed by atoms with van der Waals surface area (Å²) in [5, 5.41) is 6.07. The number of amides is 1. The van der Waals surface area contributed by atoms with Gasteiger partial charge in [0.25, 0.3) is 5.91 Å². The van der Waals surface area contributed by atoms with Crippen molar-refractivity contribution in [2.45, 2.75) is 26.8 Å². The van der Waals surface area contributed by atoms with Gasteiger partial charge in [0.1, 0.15) is 5.69 Å². The first kappa shape index (κ1) is 15.5. The van der Waals surface area contributed by atoms with Crippen molar-refractivity contribution in [2.75, 3.05) is 5.32 Å². The molecule has 2 rings (SSSR count). The zero-order chi connectivity index (χ0) is 15.4. The summed E-state index contributed by atoms with van der Waals surface area (Å²) in [6.45, 7) is 5.88. The van der Waals surface area contributed by atoms with Crippen LogP contribution < -0.4 is 10.6 Å². The Morgan fingerprint density at radius 1 is 1.19 bits per heavy atom. The Morgan fingerprint density at radius 2 is 1.90 bits per heavy atom. The number of carbonyl (C=O) groups excluding carboxylic acids is 1. The van der Waals surface area contributed by atoms with Crippen molar-refractivity contribution in [3.05, 3.63) is 52.3 Å². The van der Waals surface area contributed by atoms with Crippen LogP contribution in [0.25, 0.3) is 0 Å². The van der Waals surface area contributed by atoms with Gasteiger partial charge in [-0.15, -0.1) is 0 Å². The highest BCUT2D eigenvalue weighted by Gasteiger charge is 2.08. The van der Waals surface area contributed by atoms with Gasteiger partial charge in [0.2, 0.25) is 0 Å². The highest BCUT2D eigenvalue weighted by molar-refractivity contribution is 9.10. The van der Waals surface area contributed by atoms with Gasteiger partial charge in [0.05, 0.1) is 11.9 Å². The Bertz CT molecular complexity index is 638. The molecule has 0 saturated carbocycles. The zero-order valence-corrected chi connectivity index (χ0v) is 13.9. The van der Waals surface area contributed by atoms with Crippen molar-refractivity contribution < 1.29 is 4.79 Å². The molecule has 1 heterocycles. The summed E-state index contributed by atoms with van der Waals surface area (Å²) < 4.78 is 1.05. The van der Waals surface area contributed by atoms with Gasteiger partial charge in [0, 0.05) is 16.2 Å². The fraction of sp³-hybridized carbons (Fsp3) is 0.250. The van der Waals surface area contributed by atoms with Crippen LogP contribution in [0, 0.1) is 6.92 Å². The van der Waals surface area contributed by atoms with E-state index in [0.29, 0.717) is 5.69 Å². The van der Waals surface area contributed by atoms with Gasteiger partial charge in [-0.25, -0.2) is 4.98 Å². The molecule has 1 amide bonds. The molecule has 0 aliphatic heterocycles. The third-order valence-electron chi connectivity index (χ3n) is 2.88. The lowest BCUT2D eigenvalue weighted by molar-refractivity contribution is 0.0938. The second-order valence-corrected chi connectivity index (χ2v) is 6.00. The summed E-state index contributed by atoms with van der Waals surface area (Å²) in [5.41, 5.74) is 3.40. The second kappa shape index (κ2) is 6.72. The molecule has 0 aliphatic rings. The van der Waals surface area contributed by atoms with E-state index in [-0.39, 0.29) is 11.9 Å². The van der Waals surface area contributed by atoms with Crippen molar-refractivity contribution in [3.63, 3.8) is 0 Å². The van der Waals surface area contributed by atoms with Crippen molar-refractivity contribution in [3.8, 4) is 0 Å². The molecule has 21 heavy (non-hydrogen) atoms. The normalized spacial score (nSPS) is 10.5. The summed E-state index contributed by atoms with van der Waals surface area (Å²) >= 11 is 3.50. The van der Waals surface area contributed by atoms with Gasteiger partial charge in [-0.1, -0.05) is 22.0 Å². The molecule has 2 aromatic rings. The van der Waals surface area contributed by atoms with E-state index >= 15 is 0 Å². The number of hydrogen-bond acceptors (Lipinski definition) is 3. The van der Waals surface area contributed by atoms with E-state index in [2.05, 4.69) is 31.5 Å². The molecule has 0 atom stereocenters. The molecule has 1 aromatic carbocycles. The molecule has 2 N–H and O–H groups in total. The maximum Gasteiger partial charge on any atom is 0.270 e. The minimum Gasteiger partial charge on any atom is -0.354 e. The summed E-state index contributed by atoms with van der Waals surface area (Å²) in [6.07, 6.45) is 1.66.